The van der Waals surface area contributed by atoms with E-state index in [0.29, 0.717) is 12.4 Å². The first-order chi connectivity index (χ1) is 12.1. The predicted octanol–water partition coefficient (Wildman–Crippen LogP) is 3.82. The number of nitrogens with one attached hydrogen (secondary N) is 1. The van der Waals surface area contributed by atoms with Crippen molar-refractivity contribution in [3.05, 3.63) is 59.7 Å². The maximum atomic E-state index is 12.0. The zero-order chi connectivity index (χ0) is 18.1. The van der Waals surface area contributed by atoms with E-state index in [1.54, 1.807) is 18.9 Å². The Morgan fingerprint density at radius 1 is 1.08 bits per heavy atom. The summed E-state index contributed by atoms with van der Waals surface area (Å²) in [4.78, 5) is 12.0. The minimum Gasteiger partial charge on any atom is -0.497 e. The smallest absolute Gasteiger partial charge is 0.230 e. The zero-order valence-corrected chi connectivity index (χ0v) is 15.8. The van der Waals surface area contributed by atoms with E-state index in [9.17, 15) is 4.79 Å². The molecule has 0 unspecified atom stereocenters. The molecule has 1 N–H and O–H groups in total. The van der Waals surface area contributed by atoms with E-state index in [1.807, 2.05) is 62.4 Å². The standard InChI is InChI=1S/C20H25NO3S/c1-15-4-8-19(9-5-15)24-12-16(2)21-20(22)14-25-13-17-6-10-18(23-3)11-7-17/h4-11,16H,12-14H2,1-3H3,(H,21,22)/t16-/m1/s1. The van der Waals surface area contributed by atoms with Crippen molar-refractivity contribution >= 4 is 17.7 Å². The van der Waals surface area contributed by atoms with E-state index >= 15 is 0 Å². The van der Waals surface area contributed by atoms with Crippen molar-refractivity contribution in [2.75, 3.05) is 19.5 Å². The highest BCUT2D eigenvalue weighted by Gasteiger charge is 2.08. The number of amides is 1. The van der Waals surface area contributed by atoms with Crippen molar-refractivity contribution in [1.82, 2.24) is 5.32 Å². The number of rotatable bonds is 9. The first-order valence-corrected chi connectivity index (χ1v) is 9.42. The van der Waals surface area contributed by atoms with Gasteiger partial charge in [-0.05, 0) is 43.7 Å². The number of methoxy groups -OCH3 is 1. The minimum atomic E-state index is -0.0320. The molecule has 134 valence electrons. The highest BCUT2D eigenvalue weighted by Crippen LogP contribution is 2.16. The van der Waals surface area contributed by atoms with Crippen LogP contribution in [0, 0.1) is 6.92 Å². The Morgan fingerprint density at radius 2 is 1.72 bits per heavy atom. The van der Waals surface area contributed by atoms with Crippen molar-refractivity contribution < 1.29 is 14.3 Å². The molecule has 0 aliphatic rings. The first kappa shape index (κ1) is 19.2. The fourth-order valence-electron chi connectivity index (χ4n) is 2.20. The monoisotopic (exact) mass is 359 g/mol. The summed E-state index contributed by atoms with van der Waals surface area (Å²) < 4.78 is 10.8. The van der Waals surface area contributed by atoms with E-state index in [2.05, 4.69) is 5.32 Å². The average Bonchev–Trinajstić information content (AvgIpc) is 2.62. The maximum absolute atomic E-state index is 12.0. The lowest BCUT2D eigenvalue weighted by Gasteiger charge is -2.15. The lowest BCUT2D eigenvalue weighted by molar-refractivity contribution is -0.119. The third kappa shape index (κ3) is 7.10. The van der Waals surface area contributed by atoms with Gasteiger partial charge in [-0.15, -0.1) is 11.8 Å². The largest absolute Gasteiger partial charge is 0.497 e. The molecule has 0 saturated carbocycles. The lowest BCUT2D eigenvalue weighted by Crippen LogP contribution is -2.37. The Labute approximate surface area is 153 Å². The Morgan fingerprint density at radius 3 is 2.36 bits per heavy atom. The van der Waals surface area contributed by atoms with Gasteiger partial charge in [-0.1, -0.05) is 29.8 Å². The summed E-state index contributed by atoms with van der Waals surface area (Å²) in [6.45, 7) is 4.44. The Bertz CT molecular complexity index is 656. The van der Waals surface area contributed by atoms with Gasteiger partial charge in [0.15, 0.2) is 0 Å². The fraction of sp³-hybridized carbons (Fsp3) is 0.350. The van der Waals surface area contributed by atoms with Crippen LogP contribution in [0.3, 0.4) is 0 Å². The van der Waals surface area contributed by atoms with Gasteiger partial charge in [0.05, 0.1) is 18.9 Å². The molecule has 1 atom stereocenters. The molecule has 2 aromatic carbocycles. The number of ether oxygens (including phenoxy) is 2. The highest BCUT2D eigenvalue weighted by atomic mass is 32.2. The van der Waals surface area contributed by atoms with Crippen LogP contribution in [0.15, 0.2) is 48.5 Å². The number of thioether (sulfide) groups is 1. The second-order valence-electron chi connectivity index (χ2n) is 5.93. The van der Waals surface area contributed by atoms with Crippen LogP contribution in [0.1, 0.15) is 18.1 Å². The van der Waals surface area contributed by atoms with Crippen LogP contribution < -0.4 is 14.8 Å². The molecule has 0 bridgehead atoms. The van der Waals surface area contributed by atoms with Gasteiger partial charge in [0.1, 0.15) is 18.1 Å². The molecule has 4 nitrogen and oxygen atoms in total. The molecule has 0 fully saturated rings. The number of hydrogen-bond donors (Lipinski definition) is 1. The number of benzene rings is 2. The molecule has 25 heavy (non-hydrogen) atoms. The zero-order valence-electron chi connectivity index (χ0n) is 15.0. The Kier molecular flexibility index (Phi) is 7.67. The minimum absolute atomic E-state index is 0.0264. The molecular weight excluding hydrogens is 334 g/mol. The van der Waals surface area contributed by atoms with E-state index in [0.717, 1.165) is 17.3 Å². The SMILES string of the molecule is COc1ccc(CSCC(=O)N[C@H](C)COc2ccc(C)cc2)cc1. The summed E-state index contributed by atoms with van der Waals surface area (Å²) in [6.07, 6.45) is 0. The molecule has 0 radical (unpaired) electrons. The van der Waals surface area contributed by atoms with Crippen LogP contribution >= 0.6 is 11.8 Å². The van der Waals surface area contributed by atoms with Crippen molar-refractivity contribution in [2.45, 2.75) is 25.6 Å². The number of carbonyl (C=O) groups is 1. The van der Waals surface area contributed by atoms with Gasteiger partial charge in [0.25, 0.3) is 0 Å². The van der Waals surface area contributed by atoms with Crippen molar-refractivity contribution in [2.24, 2.45) is 0 Å². The van der Waals surface area contributed by atoms with Gasteiger partial charge in [0, 0.05) is 5.75 Å². The van der Waals surface area contributed by atoms with Crippen LogP contribution in [0.25, 0.3) is 0 Å². The molecule has 0 aromatic heterocycles. The van der Waals surface area contributed by atoms with Crippen LogP contribution in [0.2, 0.25) is 0 Å². The second kappa shape index (κ2) is 9.99. The van der Waals surface area contributed by atoms with Gasteiger partial charge in [-0.25, -0.2) is 0 Å². The van der Waals surface area contributed by atoms with Gasteiger partial charge < -0.3 is 14.8 Å². The molecule has 2 aromatic rings. The van der Waals surface area contributed by atoms with Crippen molar-refractivity contribution in [1.29, 1.82) is 0 Å². The molecular formula is C20H25NO3S. The van der Waals surface area contributed by atoms with Crippen LogP contribution in [0.4, 0.5) is 0 Å². The van der Waals surface area contributed by atoms with Gasteiger partial charge in [0.2, 0.25) is 5.91 Å². The molecule has 2 rings (SSSR count). The molecule has 0 saturated heterocycles. The maximum Gasteiger partial charge on any atom is 0.230 e. The average molecular weight is 359 g/mol. The number of hydrogen-bond acceptors (Lipinski definition) is 4. The van der Waals surface area contributed by atoms with Crippen LogP contribution in [-0.2, 0) is 10.5 Å². The third-order valence-electron chi connectivity index (χ3n) is 3.59. The molecule has 5 heteroatoms. The highest BCUT2D eigenvalue weighted by molar-refractivity contribution is 7.99. The quantitative estimate of drug-likeness (QED) is 0.739. The summed E-state index contributed by atoms with van der Waals surface area (Å²) in [7, 11) is 1.65. The Balaban J connectivity index is 1.64. The third-order valence-corrected chi connectivity index (χ3v) is 4.59. The summed E-state index contributed by atoms with van der Waals surface area (Å²) in [6, 6.07) is 15.8. The second-order valence-corrected chi connectivity index (χ2v) is 6.92. The van der Waals surface area contributed by atoms with E-state index < -0.39 is 0 Å². The topological polar surface area (TPSA) is 47.6 Å². The predicted molar refractivity (Wildman–Crippen MR) is 103 cm³/mol. The normalized spacial score (nSPS) is 11.6. The number of aryl methyl sites for hydroxylation is 1. The van der Waals surface area contributed by atoms with Gasteiger partial charge >= 0.3 is 0 Å². The molecule has 1 amide bonds. The molecule has 0 spiro atoms. The lowest BCUT2D eigenvalue weighted by atomic mass is 10.2. The molecule has 0 aliphatic heterocycles. The first-order valence-electron chi connectivity index (χ1n) is 8.26. The summed E-state index contributed by atoms with van der Waals surface area (Å²) in [5.41, 5.74) is 2.37. The molecule has 0 heterocycles. The Hall–Kier alpha value is -2.14. The number of carbonyl (C=O) groups excluding carboxylic acids is 1. The fourth-order valence-corrected chi connectivity index (χ4v) is 3.00. The van der Waals surface area contributed by atoms with E-state index in [4.69, 9.17) is 9.47 Å². The van der Waals surface area contributed by atoms with Crippen molar-refractivity contribution in [3.8, 4) is 11.5 Å². The van der Waals surface area contributed by atoms with Gasteiger partial charge in [-0.3, -0.25) is 4.79 Å². The van der Waals surface area contributed by atoms with Crippen molar-refractivity contribution in [3.63, 3.8) is 0 Å². The summed E-state index contributed by atoms with van der Waals surface area (Å²) in [5, 5.41) is 2.96. The van der Waals surface area contributed by atoms with Crippen LogP contribution in [-0.4, -0.2) is 31.4 Å². The van der Waals surface area contributed by atoms with E-state index in [1.165, 1.54) is 11.1 Å². The summed E-state index contributed by atoms with van der Waals surface area (Å²) >= 11 is 1.59. The van der Waals surface area contributed by atoms with Gasteiger partial charge in [-0.2, -0.15) is 0 Å². The summed E-state index contributed by atoms with van der Waals surface area (Å²) in [5.74, 6) is 2.92. The van der Waals surface area contributed by atoms with E-state index in [-0.39, 0.29) is 11.9 Å². The van der Waals surface area contributed by atoms with Crippen LogP contribution in [0.5, 0.6) is 11.5 Å². The molecule has 0 aliphatic carbocycles.